The van der Waals surface area contributed by atoms with Crippen molar-refractivity contribution in [1.82, 2.24) is 0 Å². The van der Waals surface area contributed by atoms with Crippen molar-refractivity contribution < 1.29 is 14.3 Å². The molecule has 0 unspecified atom stereocenters. The van der Waals surface area contributed by atoms with Gasteiger partial charge >= 0.3 is 5.97 Å². The number of ketones is 1. The van der Waals surface area contributed by atoms with E-state index in [-0.39, 0.29) is 35.2 Å². The Morgan fingerprint density at radius 1 is 1.17 bits per heavy atom. The lowest BCUT2D eigenvalue weighted by molar-refractivity contribution is -0.158. The van der Waals surface area contributed by atoms with E-state index < -0.39 is 0 Å². The summed E-state index contributed by atoms with van der Waals surface area (Å²) in [6.07, 6.45) is 3.87. The van der Waals surface area contributed by atoms with E-state index >= 15 is 0 Å². The Hall–Kier alpha value is -0.860. The maximum atomic E-state index is 12.0. The summed E-state index contributed by atoms with van der Waals surface area (Å²) in [7, 11) is 0. The molecular weight excluding hydrogens is 228 g/mol. The first-order valence-electron chi connectivity index (χ1n) is 7.17. The standard InChI is InChI=1S/C15H22O3/c1-8-10-4-6-15(3)7-5-11(16)9(2)12(15)13(10)18-14(8)17/h8-10,12-13H,4-7H2,1-3H3/t8-,9-,10+,12-,13+,15+/m0/s1. The maximum absolute atomic E-state index is 12.0. The van der Waals surface area contributed by atoms with Gasteiger partial charge in [0.05, 0.1) is 5.92 Å². The summed E-state index contributed by atoms with van der Waals surface area (Å²) in [4.78, 5) is 23.8. The normalized spacial score (nSPS) is 51.6. The fourth-order valence-electron chi connectivity index (χ4n) is 4.62. The topological polar surface area (TPSA) is 43.4 Å². The van der Waals surface area contributed by atoms with Gasteiger partial charge in [0.1, 0.15) is 11.9 Å². The Labute approximate surface area is 108 Å². The molecular formula is C15H22O3. The van der Waals surface area contributed by atoms with E-state index in [0.29, 0.717) is 18.1 Å². The van der Waals surface area contributed by atoms with Crippen LogP contribution in [0.2, 0.25) is 0 Å². The number of hydrogen-bond acceptors (Lipinski definition) is 3. The van der Waals surface area contributed by atoms with Crippen molar-refractivity contribution in [1.29, 1.82) is 0 Å². The average Bonchev–Trinajstić information content (AvgIpc) is 2.60. The van der Waals surface area contributed by atoms with E-state index in [1.54, 1.807) is 0 Å². The van der Waals surface area contributed by atoms with Gasteiger partial charge in [-0.2, -0.15) is 0 Å². The van der Waals surface area contributed by atoms with Gasteiger partial charge in [0.2, 0.25) is 0 Å². The van der Waals surface area contributed by atoms with Crippen LogP contribution >= 0.6 is 0 Å². The van der Waals surface area contributed by atoms with Gasteiger partial charge in [-0.1, -0.05) is 20.8 Å². The van der Waals surface area contributed by atoms with Crippen LogP contribution in [0.4, 0.5) is 0 Å². The second-order valence-corrected chi connectivity index (χ2v) is 6.83. The number of carbonyl (C=O) groups excluding carboxylic acids is 2. The Morgan fingerprint density at radius 3 is 2.61 bits per heavy atom. The van der Waals surface area contributed by atoms with Crippen LogP contribution in [0.15, 0.2) is 0 Å². The largest absolute Gasteiger partial charge is 0.461 e. The number of Topliss-reactive ketones (excluding diaryl/α,β-unsaturated/α-hetero) is 1. The van der Waals surface area contributed by atoms with Crippen LogP contribution in [-0.4, -0.2) is 17.9 Å². The van der Waals surface area contributed by atoms with E-state index in [1.807, 2.05) is 13.8 Å². The minimum Gasteiger partial charge on any atom is -0.461 e. The highest BCUT2D eigenvalue weighted by Crippen LogP contribution is 2.56. The van der Waals surface area contributed by atoms with Crippen molar-refractivity contribution in [3.63, 3.8) is 0 Å². The summed E-state index contributed by atoms with van der Waals surface area (Å²) in [6, 6.07) is 0. The molecule has 100 valence electrons. The Balaban J connectivity index is 1.96. The second kappa shape index (κ2) is 3.82. The molecule has 0 radical (unpaired) electrons. The van der Waals surface area contributed by atoms with E-state index in [4.69, 9.17) is 4.74 Å². The third kappa shape index (κ3) is 1.49. The van der Waals surface area contributed by atoms with Crippen LogP contribution in [0.5, 0.6) is 0 Å². The molecule has 1 heterocycles. The van der Waals surface area contributed by atoms with Gasteiger partial charge in [-0.15, -0.1) is 0 Å². The van der Waals surface area contributed by atoms with Gasteiger partial charge in [0.25, 0.3) is 0 Å². The zero-order chi connectivity index (χ0) is 13.1. The first kappa shape index (κ1) is 12.2. The monoisotopic (exact) mass is 250 g/mol. The average molecular weight is 250 g/mol. The van der Waals surface area contributed by atoms with Gasteiger partial charge in [-0.3, -0.25) is 9.59 Å². The van der Waals surface area contributed by atoms with Gasteiger partial charge in [0.15, 0.2) is 0 Å². The van der Waals surface area contributed by atoms with E-state index in [9.17, 15) is 9.59 Å². The third-order valence-corrected chi connectivity index (χ3v) is 5.88. The summed E-state index contributed by atoms with van der Waals surface area (Å²) >= 11 is 0. The second-order valence-electron chi connectivity index (χ2n) is 6.83. The molecule has 0 N–H and O–H groups in total. The highest BCUT2D eigenvalue weighted by atomic mass is 16.6. The highest BCUT2D eigenvalue weighted by molar-refractivity contribution is 5.82. The number of esters is 1. The lowest BCUT2D eigenvalue weighted by Gasteiger charge is -2.51. The molecule has 0 spiro atoms. The molecule has 2 aliphatic carbocycles. The Morgan fingerprint density at radius 2 is 1.89 bits per heavy atom. The van der Waals surface area contributed by atoms with Crippen LogP contribution in [0.3, 0.4) is 0 Å². The molecule has 0 amide bonds. The molecule has 0 aromatic carbocycles. The SMILES string of the molecule is C[C@@H]1C(=O)O[C@@H]2[C@@H]1CC[C@]1(C)CCC(=O)[C@H](C)[C@@H]21. The van der Waals surface area contributed by atoms with Gasteiger partial charge < -0.3 is 4.74 Å². The van der Waals surface area contributed by atoms with Gasteiger partial charge in [0, 0.05) is 24.2 Å². The Kier molecular flexibility index (Phi) is 2.58. The van der Waals surface area contributed by atoms with Crippen molar-refractivity contribution in [3.8, 4) is 0 Å². The summed E-state index contributed by atoms with van der Waals surface area (Å²) in [6.45, 7) is 6.29. The zero-order valence-electron chi connectivity index (χ0n) is 11.4. The van der Waals surface area contributed by atoms with E-state index in [1.165, 1.54) is 0 Å². The lowest BCUT2D eigenvalue weighted by atomic mass is 9.53. The minimum atomic E-state index is -0.0560. The summed E-state index contributed by atoms with van der Waals surface area (Å²) in [5.74, 6) is 0.946. The molecule has 3 fully saturated rings. The third-order valence-electron chi connectivity index (χ3n) is 5.88. The molecule has 0 bridgehead atoms. The molecule has 3 aliphatic rings. The minimum absolute atomic E-state index is 0.00880. The van der Waals surface area contributed by atoms with E-state index in [2.05, 4.69) is 6.92 Å². The van der Waals surface area contributed by atoms with Crippen LogP contribution in [0, 0.1) is 29.1 Å². The number of carbonyl (C=O) groups is 2. The molecule has 3 nitrogen and oxygen atoms in total. The summed E-state index contributed by atoms with van der Waals surface area (Å²) in [5, 5.41) is 0. The van der Waals surface area contributed by atoms with E-state index in [0.717, 1.165) is 19.3 Å². The van der Waals surface area contributed by atoms with Crippen LogP contribution in [0.25, 0.3) is 0 Å². The molecule has 3 heteroatoms. The van der Waals surface area contributed by atoms with Crippen molar-refractivity contribution >= 4 is 11.8 Å². The molecule has 18 heavy (non-hydrogen) atoms. The maximum Gasteiger partial charge on any atom is 0.309 e. The smallest absolute Gasteiger partial charge is 0.309 e. The van der Waals surface area contributed by atoms with Crippen molar-refractivity contribution in [3.05, 3.63) is 0 Å². The summed E-state index contributed by atoms with van der Waals surface area (Å²) < 4.78 is 5.64. The van der Waals surface area contributed by atoms with Gasteiger partial charge in [-0.25, -0.2) is 0 Å². The quantitative estimate of drug-likeness (QED) is 0.621. The molecule has 2 saturated carbocycles. The van der Waals surface area contributed by atoms with Crippen LogP contribution in [-0.2, 0) is 14.3 Å². The fourth-order valence-corrected chi connectivity index (χ4v) is 4.62. The van der Waals surface area contributed by atoms with Gasteiger partial charge in [-0.05, 0) is 24.7 Å². The fraction of sp³-hybridized carbons (Fsp3) is 0.867. The van der Waals surface area contributed by atoms with Crippen molar-refractivity contribution in [2.24, 2.45) is 29.1 Å². The number of rotatable bonds is 0. The number of ether oxygens (including phenoxy) is 1. The van der Waals surface area contributed by atoms with Crippen molar-refractivity contribution in [2.45, 2.75) is 52.6 Å². The summed E-state index contributed by atoms with van der Waals surface area (Å²) in [5.41, 5.74) is 0.193. The molecule has 1 aliphatic heterocycles. The molecule has 6 atom stereocenters. The van der Waals surface area contributed by atoms with Crippen LogP contribution in [0.1, 0.15) is 46.5 Å². The lowest BCUT2D eigenvalue weighted by Crippen LogP contribution is -2.52. The van der Waals surface area contributed by atoms with Crippen molar-refractivity contribution in [2.75, 3.05) is 0 Å². The zero-order valence-corrected chi connectivity index (χ0v) is 11.4. The molecule has 0 aromatic heterocycles. The predicted molar refractivity (Wildman–Crippen MR) is 66.8 cm³/mol. The molecule has 0 aromatic rings. The Bertz CT molecular complexity index is 403. The van der Waals surface area contributed by atoms with Crippen LogP contribution < -0.4 is 0 Å². The predicted octanol–water partition coefficient (Wildman–Crippen LogP) is 2.58. The number of fused-ring (bicyclic) bond motifs is 3. The first-order valence-corrected chi connectivity index (χ1v) is 7.17. The molecule has 1 saturated heterocycles. The number of hydrogen-bond donors (Lipinski definition) is 0. The first-order chi connectivity index (χ1) is 8.44. The highest BCUT2D eigenvalue weighted by Gasteiger charge is 2.58. The molecule has 3 rings (SSSR count).